The molecule has 3 N–H and O–H groups in total. The number of hydrogen-bond donors (Lipinski definition) is 3. The molecule has 0 aromatic carbocycles. The van der Waals surface area contributed by atoms with Crippen LogP contribution in [0.25, 0.3) is 16.9 Å². The predicted molar refractivity (Wildman–Crippen MR) is 105 cm³/mol. The Hall–Kier alpha value is -3.09. The van der Waals surface area contributed by atoms with E-state index in [0.29, 0.717) is 22.6 Å². The summed E-state index contributed by atoms with van der Waals surface area (Å²) >= 11 is 0. The fourth-order valence-corrected chi connectivity index (χ4v) is 3.43. The highest BCUT2D eigenvalue weighted by Crippen LogP contribution is 2.31. The van der Waals surface area contributed by atoms with Crippen molar-refractivity contribution < 1.29 is 4.79 Å². The van der Waals surface area contributed by atoms with Crippen LogP contribution in [-0.4, -0.2) is 25.8 Å². The standard InChI is InChI=1S/C20H23N5O2/c1-10-16(24-20(3,4)5)23-17-12(7-6-8-25(17)19(10)27)14-9-13-15(22-14)11(2)21-18(13)26/h6-9,11,22,24H,1-5H3,(H,21,26)/t11-/m1/s1. The maximum atomic E-state index is 12.9. The molecular formula is C20H23N5O2. The van der Waals surface area contributed by atoms with Crippen molar-refractivity contribution in [1.82, 2.24) is 19.7 Å². The molecule has 3 aromatic rings. The number of H-pyrrole nitrogens is 1. The molecule has 140 valence electrons. The third-order valence-corrected chi connectivity index (χ3v) is 4.74. The zero-order valence-corrected chi connectivity index (χ0v) is 16.1. The molecule has 7 nitrogen and oxygen atoms in total. The van der Waals surface area contributed by atoms with E-state index in [4.69, 9.17) is 4.98 Å². The number of carbonyl (C=O) groups is 1. The zero-order valence-electron chi connectivity index (χ0n) is 16.1. The number of hydrogen-bond acceptors (Lipinski definition) is 4. The quantitative estimate of drug-likeness (QED) is 0.651. The first-order valence-corrected chi connectivity index (χ1v) is 9.00. The maximum Gasteiger partial charge on any atom is 0.262 e. The van der Waals surface area contributed by atoms with Gasteiger partial charge in [-0.3, -0.25) is 14.0 Å². The number of pyridine rings is 1. The van der Waals surface area contributed by atoms with Crippen molar-refractivity contribution in [3.8, 4) is 11.3 Å². The molecule has 0 radical (unpaired) electrons. The van der Waals surface area contributed by atoms with Crippen molar-refractivity contribution in [2.24, 2.45) is 0 Å². The van der Waals surface area contributed by atoms with Gasteiger partial charge in [0.1, 0.15) is 5.82 Å². The van der Waals surface area contributed by atoms with E-state index >= 15 is 0 Å². The van der Waals surface area contributed by atoms with Crippen molar-refractivity contribution in [3.05, 3.63) is 51.6 Å². The Labute approximate surface area is 156 Å². The summed E-state index contributed by atoms with van der Waals surface area (Å²) in [6, 6.07) is 5.48. The van der Waals surface area contributed by atoms with Crippen LogP contribution < -0.4 is 16.2 Å². The summed E-state index contributed by atoms with van der Waals surface area (Å²) in [4.78, 5) is 33.0. The topological polar surface area (TPSA) is 91.3 Å². The number of aromatic nitrogens is 3. The van der Waals surface area contributed by atoms with Crippen LogP contribution in [0.5, 0.6) is 0 Å². The lowest BCUT2D eigenvalue weighted by molar-refractivity contribution is 0.0958. The fourth-order valence-electron chi connectivity index (χ4n) is 3.43. The van der Waals surface area contributed by atoms with Gasteiger partial charge in [0, 0.05) is 17.3 Å². The minimum absolute atomic E-state index is 0.0627. The van der Waals surface area contributed by atoms with Gasteiger partial charge in [-0.15, -0.1) is 0 Å². The Morgan fingerprint density at radius 2 is 1.96 bits per heavy atom. The van der Waals surface area contributed by atoms with Gasteiger partial charge in [-0.1, -0.05) is 0 Å². The number of amides is 1. The molecular weight excluding hydrogens is 342 g/mol. The molecule has 1 aliphatic rings. The van der Waals surface area contributed by atoms with Crippen LogP contribution in [0.3, 0.4) is 0 Å². The molecule has 7 heteroatoms. The Bertz CT molecular complexity index is 1130. The van der Waals surface area contributed by atoms with Gasteiger partial charge in [0.15, 0.2) is 5.65 Å². The highest BCUT2D eigenvalue weighted by Gasteiger charge is 2.28. The Morgan fingerprint density at radius 1 is 1.22 bits per heavy atom. The average Bonchev–Trinajstić information content (AvgIpc) is 3.13. The van der Waals surface area contributed by atoms with Crippen molar-refractivity contribution in [3.63, 3.8) is 0 Å². The van der Waals surface area contributed by atoms with Crippen LogP contribution >= 0.6 is 0 Å². The van der Waals surface area contributed by atoms with Crippen LogP contribution in [0.2, 0.25) is 0 Å². The van der Waals surface area contributed by atoms with E-state index in [0.717, 1.165) is 17.0 Å². The van der Waals surface area contributed by atoms with E-state index in [-0.39, 0.29) is 23.0 Å². The third-order valence-electron chi connectivity index (χ3n) is 4.74. The van der Waals surface area contributed by atoms with E-state index in [9.17, 15) is 9.59 Å². The Kier molecular flexibility index (Phi) is 3.66. The summed E-state index contributed by atoms with van der Waals surface area (Å²) in [7, 11) is 0. The molecule has 0 bridgehead atoms. The molecule has 1 amide bonds. The second-order valence-corrected chi connectivity index (χ2v) is 8.09. The molecule has 0 unspecified atom stereocenters. The molecule has 3 aromatic heterocycles. The van der Waals surface area contributed by atoms with Gasteiger partial charge in [0.2, 0.25) is 0 Å². The first kappa shape index (κ1) is 17.3. The highest BCUT2D eigenvalue weighted by atomic mass is 16.2. The van der Waals surface area contributed by atoms with Crippen LogP contribution in [0.1, 0.15) is 55.4 Å². The van der Waals surface area contributed by atoms with Gasteiger partial charge in [0.25, 0.3) is 11.5 Å². The molecule has 4 rings (SSSR count). The number of anilines is 1. The number of carbonyl (C=O) groups excluding carboxylic acids is 1. The molecule has 27 heavy (non-hydrogen) atoms. The zero-order chi connectivity index (χ0) is 19.5. The second-order valence-electron chi connectivity index (χ2n) is 8.09. The summed E-state index contributed by atoms with van der Waals surface area (Å²) < 4.78 is 1.55. The van der Waals surface area contributed by atoms with Crippen LogP contribution in [0.4, 0.5) is 5.82 Å². The number of aromatic amines is 1. The Morgan fingerprint density at radius 3 is 2.63 bits per heavy atom. The van der Waals surface area contributed by atoms with E-state index < -0.39 is 0 Å². The smallest absolute Gasteiger partial charge is 0.262 e. The van der Waals surface area contributed by atoms with Gasteiger partial charge in [-0.2, -0.15) is 0 Å². The lowest BCUT2D eigenvalue weighted by Gasteiger charge is -2.23. The molecule has 0 fully saturated rings. The lowest BCUT2D eigenvalue weighted by atomic mass is 10.1. The van der Waals surface area contributed by atoms with Crippen LogP contribution in [-0.2, 0) is 0 Å². The monoisotopic (exact) mass is 365 g/mol. The first-order valence-electron chi connectivity index (χ1n) is 9.00. The minimum Gasteiger partial charge on any atom is -0.365 e. The van der Waals surface area contributed by atoms with Crippen molar-refractivity contribution in [1.29, 1.82) is 0 Å². The number of nitrogens with zero attached hydrogens (tertiary/aromatic N) is 2. The van der Waals surface area contributed by atoms with E-state index in [2.05, 4.69) is 15.6 Å². The first-order chi connectivity index (χ1) is 12.7. The normalized spacial score (nSPS) is 16.5. The number of fused-ring (bicyclic) bond motifs is 2. The van der Waals surface area contributed by atoms with Gasteiger partial charge in [-0.25, -0.2) is 4.98 Å². The molecule has 4 heterocycles. The summed E-state index contributed by atoms with van der Waals surface area (Å²) in [6.07, 6.45) is 1.72. The second kappa shape index (κ2) is 5.70. The van der Waals surface area contributed by atoms with E-state index in [1.54, 1.807) is 17.5 Å². The van der Waals surface area contributed by atoms with Crippen molar-refractivity contribution in [2.75, 3.05) is 5.32 Å². The highest BCUT2D eigenvalue weighted by molar-refractivity contribution is 6.00. The molecule has 0 saturated carbocycles. The molecule has 0 aliphatic carbocycles. The SMILES string of the molecule is Cc1c(NC(C)(C)C)nc2c(-c3cc4c([nH]3)[C@@H](C)NC4=O)cccn2c1=O. The molecule has 1 atom stereocenters. The van der Waals surface area contributed by atoms with Gasteiger partial charge >= 0.3 is 0 Å². The fraction of sp³-hybridized carbons (Fsp3) is 0.350. The Balaban J connectivity index is 1.95. The van der Waals surface area contributed by atoms with Crippen LogP contribution in [0.15, 0.2) is 29.2 Å². The largest absolute Gasteiger partial charge is 0.365 e. The van der Waals surface area contributed by atoms with Crippen molar-refractivity contribution >= 4 is 17.4 Å². The minimum atomic E-state index is -0.224. The van der Waals surface area contributed by atoms with Crippen molar-refractivity contribution in [2.45, 2.75) is 46.2 Å². The van der Waals surface area contributed by atoms with E-state index in [1.165, 1.54) is 0 Å². The summed E-state index contributed by atoms with van der Waals surface area (Å²) in [5, 5.41) is 6.19. The average molecular weight is 365 g/mol. The van der Waals surface area contributed by atoms with Gasteiger partial charge in [-0.05, 0) is 52.8 Å². The predicted octanol–water partition coefficient (Wildman–Crippen LogP) is 3.01. The van der Waals surface area contributed by atoms with E-state index in [1.807, 2.05) is 45.9 Å². The maximum absolute atomic E-state index is 12.9. The number of nitrogens with one attached hydrogen (secondary N) is 3. The third kappa shape index (κ3) is 2.79. The summed E-state index contributed by atoms with van der Waals surface area (Å²) in [5.74, 6) is 0.487. The lowest BCUT2D eigenvalue weighted by Crippen LogP contribution is -2.30. The number of rotatable bonds is 2. The molecule has 0 spiro atoms. The summed E-state index contributed by atoms with van der Waals surface area (Å²) in [6.45, 7) is 9.79. The summed E-state index contributed by atoms with van der Waals surface area (Å²) in [5.41, 5.74) is 3.84. The molecule has 1 aliphatic heterocycles. The molecule has 0 saturated heterocycles. The van der Waals surface area contributed by atoms with Gasteiger partial charge in [0.05, 0.1) is 28.6 Å². The van der Waals surface area contributed by atoms with Gasteiger partial charge < -0.3 is 15.6 Å². The van der Waals surface area contributed by atoms with Crippen LogP contribution in [0, 0.1) is 6.92 Å².